The van der Waals surface area contributed by atoms with E-state index in [2.05, 4.69) is 15.9 Å². The molecule has 0 aliphatic heterocycles. The highest BCUT2D eigenvalue weighted by Crippen LogP contribution is 2.35. The molecule has 2 rings (SSSR count). The molecule has 80 valence electrons. The van der Waals surface area contributed by atoms with Crippen molar-refractivity contribution in [3.63, 3.8) is 0 Å². The number of hydrogen-bond donors (Lipinski definition) is 0. The van der Waals surface area contributed by atoms with Gasteiger partial charge in [0.1, 0.15) is 5.67 Å². The van der Waals surface area contributed by atoms with E-state index in [0.717, 1.165) is 20.9 Å². The molecule has 0 saturated heterocycles. The van der Waals surface area contributed by atoms with Gasteiger partial charge in [0, 0.05) is 28.7 Å². The first kappa shape index (κ1) is 10.7. The number of fused-ring (bicyclic) bond motifs is 1. The molecule has 1 aromatic carbocycles. The molecule has 0 unspecified atom stereocenters. The molecule has 0 saturated carbocycles. The van der Waals surface area contributed by atoms with E-state index >= 15 is 0 Å². The van der Waals surface area contributed by atoms with Crippen LogP contribution in [0.15, 0.2) is 28.9 Å². The first-order valence-corrected chi connectivity index (χ1v) is 5.63. The molecule has 3 heteroatoms. The van der Waals surface area contributed by atoms with Crippen molar-refractivity contribution in [3.8, 4) is 0 Å². The van der Waals surface area contributed by atoms with Crippen molar-refractivity contribution in [2.45, 2.75) is 19.5 Å². The van der Waals surface area contributed by atoms with Crippen molar-refractivity contribution in [1.29, 1.82) is 0 Å². The summed E-state index contributed by atoms with van der Waals surface area (Å²) in [6, 6.07) is 5.86. The smallest absolute Gasteiger partial charge is 0.132 e. The fraction of sp³-hybridized carbons (Fsp3) is 0.333. The number of hydrogen-bond acceptors (Lipinski definition) is 0. The molecule has 1 aromatic heterocycles. The van der Waals surface area contributed by atoms with Crippen LogP contribution >= 0.6 is 15.9 Å². The number of benzene rings is 1. The van der Waals surface area contributed by atoms with Gasteiger partial charge >= 0.3 is 0 Å². The van der Waals surface area contributed by atoms with Crippen molar-refractivity contribution in [2.24, 2.45) is 7.05 Å². The quantitative estimate of drug-likeness (QED) is 0.733. The number of rotatable bonds is 1. The maximum Gasteiger partial charge on any atom is 0.132 e. The fourth-order valence-corrected chi connectivity index (χ4v) is 2.54. The normalized spacial score (nSPS) is 12.3. The molecule has 0 radical (unpaired) electrons. The van der Waals surface area contributed by atoms with Crippen LogP contribution in [0.2, 0.25) is 0 Å². The Labute approximate surface area is 97.0 Å². The van der Waals surface area contributed by atoms with E-state index in [1.54, 1.807) is 13.8 Å². The Bertz CT molecular complexity index is 508. The second kappa shape index (κ2) is 3.34. The average Bonchev–Trinajstić information content (AvgIpc) is 2.44. The van der Waals surface area contributed by atoms with Crippen molar-refractivity contribution >= 4 is 26.8 Å². The molecule has 1 nitrogen and oxygen atoms in total. The van der Waals surface area contributed by atoms with Crippen molar-refractivity contribution in [2.75, 3.05) is 0 Å². The second-order valence-electron chi connectivity index (χ2n) is 4.26. The second-order valence-corrected chi connectivity index (χ2v) is 5.12. The van der Waals surface area contributed by atoms with Crippen LogP contribution < -0.4 is 0 Å². The number of nitrogens with zero attached hydrogens (tertiary/aromatic N) is 1. The highest BCUT2D eigenvalue weighted by molar-refractivity contribution is 9.10. The monoisotopic (exact) mass is 269 g/mol. The summed E-state index contributed by atoms with van der Waals surface area (Å²) in [7, 11) is 1.93. The predicted molar refractivity (Wildman–Crippen MR) is 64.8 cm³/mol. The number of para-hydroxylation sites is 1. The lowest BCUT2D eigenvalue weighted by Crippen LogP contribution is -2.07. The maximum atomic E-state index is 14.0. The van der Waals surface area contributed by atoms with Gasteiger partial charge in [-0.15, -0.1) is 0 Å². The standard InChI is InChI=1S/C12H13BrFN/c1-12(2,14)9-7-15(3)11-8(9)5-4-6-10(11)13/h4-7H,1-3H3. The van der Waals surface area contributed by atoms with Gasteiger partial charge in [0.25, 0.3) is 0 Å². The Morgan fingerprint density at radius 2 is 2.00 bits per heavy atom. The SMILES string of the molecule is Cn1cc(C(C)(C)F)c2cccc(Br)c21. The Morgan fingerprint density at radius 1 is 1.33 bits per heavy atom. The topological polar surface area (TPSA) is 4.93 Å². The lowest BCUT2D eigenvalue weighted by atomic mass is 10.00. The molecule has 0 amide bonds. The van der Waals surface area contributed by atoms with E-state index in [9.17, 15) is 4.39 Å². The zero-order valence-corrected chi connectivity index (χ0v) is 10.6. The third kappa shape index (κ3) is 1.69. The molecule has 1 heterocycles. The molecule has 0 aliphatic carbocycles. The summed E-state index contributed by atoms with van der Waals surface area (Å²) in [5.74, 6) is 0. The summed E-state index contributed by atoms with van der Waals surface area (Å²) < 4.78 is 16.9. The molecule has 0 fully saturated rings. The van der Waals surface area contributed by atoms with Gasteiger partial charge in [-0.1, -0.05) is 12.1 Å². The summed E-state index contributed by atoms with van der Waals surface area (Å²) in [4.78, 5) is 0. The average molecular weight is 270 g/mol. The van der Waals surface area contributed by atoms with Gasteiger partial charge in [-0.3, -0.25) is 0 Å². The molecule has 2 aromatic rings. The number of alkyl halides is 1. The molecular weight excluding hydrogens is 257 g/mol. The highest BCUT2D eigenvalue weighted by Gasteiger charge is 2.24. The molecule has 0 spiro atoms. The first-order chi connectivity index (χ1) is 6.91. The van der Waals surface area contributed by atoms with E-state index in [1.165, 1.54) is 0 Å². The summed E-state index contributed by atoms with van der Waals surface area (Å²) in [5.41, 5.74) is 0.472. The van der Waals surface area contributed by atoms with E-state index < -0.39 is 5.67 Å². The van der Waals surface area contributed by atoms with E-state index in [-0.39, 0.29) is 0 Å². The Kier molecular flexibility index (Phi) is 2.38. The predicted octanol–water partition coefficient (Wildman–Crippen LogP) is 4.15. The zero-order valence-electron chi connectivity index (χ0n) is 9.01. The lowest BCUT2D eigenvalue weighted by molar-refractivity contribution is 0.223. The third-order valence-corrected chi connectivity index (χ3v) is 3.23. The van der Waals surface area contributed by atoms with E-state index in [1.807, 2.05) is 36.0 Å². The molecule has 0 N–H and O–H groups in total. The van der Waals surface area contributed by atoms with Crippen LogP contribution in [0.1, 0.15) is 19.4 Å². The minimum Gasteiger partial charge on any atom is -0.349 e. The minimum atomic E-state index is -1.31. The van der Waals surface area contributed by atoms with Crippen LogP contribution in [0.5, 0.6) is 0 Å². The van der Waals surface area contributed by atoms with Crippen LogP contribution in [0.25, 0.3) is 10.9 Å². The van der Waals surface area contributed by atoms with Crippen LogP contribution in [-0.4, -0.2) is 4.57 Å². The maximum absolute atomic E-state index is 14.0. The van der Waals surface area contributed by atoms with Gasteiger partial charge in [-0.05, 0) is 35.8 Å². The minimum absolute atomic E-state index is 0.737. The van der Waals surface area contributed by atoms with E-state index in [0.29, 0.717) is 0 Å². The van der Waals surface area contributed by atoms with Crippen LogP contribution in [0.4, 0.5) is 4.39 Å². The zero-order chi connectivity index (χ0) is 11.2. The van der Waals surface area contributed by atoms with Gasteiger partial charge in [0.05, 0.1) is 5.52 Å². The number of halogens is 2. The summed E-state index contributed by atoms with van der Waals surface area (Å²) in [5, 5.41) is 0.972. The van der Waals surface area contributed by atoms with Gasteiger partial charge in [-0.2, -0.15) is 0 Å². The molecular formula is C12H13BrFN. The van der Waals surface area contributed by atoms with Crippen LogP contribution in [0, 0.1) is 0 Å². The third-order valence-electron chi connectivity index (χ3n) is 2.59. The van der Waals surface area contributed by atoms with Crippen LogP contribution in [-0.2, 0) is 12.7 Å². The summed E-state index contributed by atoms with van der Waals surface area (Å²) in [6.45, 7) is 3.17. The lowest BCUT2D eigenvalue weighted by Gasteiger charge is -2.12. The van der Waals surface area contributed by atoms with Crippen molar-refractivity contribution < 1.29 is 4.39 Å². The molecule has 0 atom stereocenters. The fourth-order valence-electron chi connectivity index (χ4n) is 1.89. The molecule has 0 aliphatic rings. The molecule has 0 bridgehead atoms. The first-order valence-electron chi connectivity index (χ1n) is 4.84. The summed E-state index contributed by atoms with van der Waals surface area (Å²) >= 11 is 3.48. The Balaban J connectivity index is 2.85. The van der Waals surface area contributed by atoms with Gasteiger partial charge < -0.3 is 4.57 Å². The number of aryl methyl sites for hydroxylation is 1. The molecule has 15 heavy (non-hydrogen) atoms. The van der Waals surface area contributed by atoms with Gasteiger partial charge in [0.2, 0.25) is 0 Å². The van der Waals surface area contributed by atoms with Crippen molar-refractivity contribution in [3.05, 3.63) is 34.4 Å². The largest absolute Gasteiger partial charge is 0.349 e. The van der Waals surface area contributed by atoms with Crippen LogP contribution in [0.3, 0.4) is 0 Å². The Morgan fingerprint density at radius 3 is 2.60 bits per heavy atom. The highest BCUT2D eigenvalue weighted by atomic mass is 79.9. The Hall–Kier alpha value is -0.830. The summed E-state index contributed by atoms with van der Waals surface area (Å²) in [6.07, 6.45) is 1.86. The van der Waals surface area contributed by atoms with Crippen molar-refractivity contribution in [1.82, 2.24) is 4.57 Å². The van der Waals surface area contributed by atoms with Gasteiger partial charge in [0.15, 0.2) is 0 Å². The van der Waals surface area contributed by atoms with E-state index in [4.69, 9.17) is 0 Å². The van der Waals surface area contributed by atoms with Gasteiger partial charge in [-0.25, -0.2) is 4.39 Å². The number of aromatic nitrogens is 1.